The predicted octanol–water partition coefficient (Wildman–Crippen LogP) is 5.16. The second-order valence-corrected chi connectivity index (χ2v) is 12.5. The van der Waals surface area contributed by atoms with Crippen LogP contribution in [0.3, 0.4) is 0 Å². The molecule has 0 N–H and O–H groups in total. The molecule has 1 atom stereocenters. The van der Waals surface area contributed by atoms with Crippen molar-refractivity contribution in [2.75, 3.05) is 38.2 Å². The molecule has 3 heterocycles. The number of nitro benzene ring substituents is 1. The third-order valence-electron chi connectivity index (χ3n) is 8.93. The van der Waals surface area contributed by atoms with E-state index < -0.39 is 11.0 Å². The number of nitro groups is 1. The quantitative estimate of drug-likeness (QED) is 0.195. The van der Waals surface area contributed by atoms with Crippen LogP contribution in [0.25, 0.3) is 16.8 Å². The number of thiazole rings is 1. The first kappa shape index (κ1) is 31.2. The first-order valence-corrected chi connectivity index (χ1v) is 16.5. The van der Waals surface area contributed by atoms with Crippen molar-refractivity contribution in [3.05, 3.63) is 107 Å². The van der Waals surface area contributed by atoms with Gasteiger partial charge in [0.2, 0.25) is 0 Å². The number of hydrogen-bond acceptors (Lipinski definition) is 8. The van der Waals surface area contributed by atoms with Gasteiger partial charge in [0, 0.05) is 55.1 Å². The molecule has 4 aromatic rings. The summed E-state index contributed by atoms with van der Waals surface area (Å²) in [7, 11) is 1.59. The van der Waals surface area contributed by atoms with Gasteiger partial charge in [0.1, 0.15) is 11.8 Å². The van der Waals surface area contributed by atoms with Crippen LogP contribution >= 0.6 is 11.3 Å². The van der Waals surface area contributed by atoms with E-state index in [1.54, 1.807) is 28.7 Å². The lowest BCUT2D eigenvalue weighted by Crippen LogP contribution is -2.43. The molecule has 0 spiro atoms. The van der Waals surface area contributed by atoms with Crippen molar-refractivity contribution in [1.82, 2.24) is 9.47 Å². The number of anilines is 1. The number of likely N-dealkylation sites (N-methyl/N-ethyl adjacent to an activating group) is 1. The van der Waals surface area contributed by atoms with Crippen molar-refractivity contribution in [2.45, 2.75) is 46.1 Å². The number of rotatable bonds is 8. The fourth-order valence-electron chi connectivity index (χ4n) is 6.62. The molecular formula is C35H37N5O5S. The first-order chi connectivity index (χ1) is 22.3. The molecule has 0 unspecified atom stereocenters. The summed E-state index contributed by atoms with van der Waals surface area (Å²) in [4.78, 5) is 49.4. The number of aromatic nitrogens is 1. The molecule has 1 fully saturated rings. The standard InChI is InChI=1S/C35H37N5O5S/c1-5-37(6-2)34(42)30-22(3)36-35-39(32(30)31-26-13-9-8-12-23(26)14-17-28(31)45-4)33(41)29(46-35)21-24-20-25(40(43)44)15-16-27(24)38-18-10-7-11-19-38/h8-9,12-17,20-21,32H,5-7,10-11,18-19H2,1-4H3/b29-21-/t32-/m0/s1. The molecule has 238 valence electrons. The van der Waals surface area contributed by atoms with Crippen molar-refractivity contribution < 1.29 is 14.5 Å². The van der Waals surface area contributed by atoms with Gasteiger partial charge in [-0.05, 0) is 69.0 Å². The molecule has 10 nitrogen and oxygen atoms in total. The van der Waals surface area contributed by atoms with E-state index in [1.165, 1.54) is 23.5 Å². The van der Waals surface area contributed by atoms with Crippen LogP contribution in [0, 0.1) is 10.1 Å². The van der Waals surface area contributed by atoms with Gasteiger partial charge in [0.25, 0.3) is 17.2 Å². The number of fused-ring (bicyclic) bond motifs is 2. The molecular weight excluding hydrogens is 602 g/mol. The van der Waals surface area contributed by atoms with E-state index >= 15 is 0 Å². The molecule has 6 rings (SSSR count). The maximum Gasteiger partial charge on any atom is 0.271 e. The van der Waals surface area contributed by atoms with Crippen molar-refractivity contribution >= 4 is 45.5 Å². The van der Waals surface area contributed by atoms with Gasteiger partial charge in [-0.1, -0.05) is 41.7 Å². The normalized spacial score (nSPS) is 16.7. The summed E-state index contributed by atoms with van der Waals surface area (Å²) < 4.78 is 7.87. The Balaban J connectivity index is 1.64. The fraction of sp³-hybridized carbons (Fsp3) is 0.343. The second-order valence-electron chi connectivity index (χ2n) is 11.5. The van der Waals surface area contributed by atoms with Gasteiger partial charge < -0.3 is 14.5 Å². The summed E-state index contributed by atoms with van der Waals surface area (Å²) in [6.45, 7) is 8.36. The summed E-state index contributed by atoms with van der Waals surface area (Å²) >= 11 is 1.22. The predicted molar refractivity (Wildman–Crippen MR) is 181 cm³/mol. The van der Waals surface area contributed by atoms with E-state index in [0.29, 0.717) is 50.6 Å². The van der Waals surface area contributed by atoms with Crippen molar-refractivity contribution in [1.29, 1.82) is 0 Å². The van der Waals surface area contributed by atoms with Gasteiger partial charge in [-0.15, -0.1) is 0 Å². The van der Waals surface area contributed by atoms with Crippen LogP contribution in [0.15, 0.2) is 75.7 Å². The molecule has 3 aromatic carbocycles. The summed E-state index contributed by atoms with van der Waals surface area (Å²) in [5.74, 6) is 0.371. The Hall–Kier alpha value is -4.77. The number of hydrogen-bond donors (Lipinski definition) is 0. The van der Waals surface area contributed by atoms with Crippen LogP contribution < -0.4 is 24.5 Å². The zero-order chi connectivity index (χ0) is 32.5. The molecule has 1 saturated heterocycles. The highest BCUT2D eigenvalue weighted by Crippen LogP contribution is 2.40. The van der Waals surface area contributed by atoms with E-state index in [0.717, 1.165) is 48.8 Å². The van der Waals surface area contributed by atoms with Crippen LogP contribution in [0.2, 0.25) is 0 Å². The van der Waals surface area contributed by atoms with Crippen molar-refractivity contribution in [3.8, 4) is 5.75 Å². The Morgan fingerprint density at radius 3 is 2.54 bits per heavy atom. The summed E-state index contributed by atoms with van der Waals surface area (Å²) in [5.41, 5.74) is 2.77. The Labute approximate surface area is 270 Å². The topological polar surface area (TPSA) is 110 Å². The molecule has 1 amide bonds. The highest BCUT2D eigenvalue weighted by Gasteiger charge is 2.36. The van der Waals surface area contributed by atoms with Crippen LogP contribution in [0.5, 0.6) is 5.75 Å². The van der Waals surface area contributed by atoms with Gasteiger partial charge >= 0.3 is 0 Å². The lowest BCUT2D eigenvalue weighted by Gasteiger charge is -2.30. The molecule has 2 aliphatic heterocycles. The Morgan fingerprint density at radius 2 is 1.85 bits per heavy atom. The lowest BCUT2D eigenvalue weighted by molar-refractivity contribution is -0.384. The summed E-state index contributed by atoms with van der Waals surface area (Å²) in [6, 6.07) is 15.7. The number of nitrogens with zero attached hydrogens (tertiary/aromatic N) is 5. The zero-order valence-corrected chi connectivity index (χ0v) is 27.3. The van der Waals surface area contributed by atoms with Crippen molar-refractivity contribution in [2.24, 2.45) is 4.99 Å². The maximum atomic E-state index is 14.6. The number of non-ortho nitro benzene ring substituents is 1. The number of amides is 1. The minimum Gasteiger partial charge on any atom is -0.496 e. The van der Waals surface area contributed by atoms with Gasteiger partial charge in [0.05, 0.1) is 27.8 Å². The fourth-order valence-corrected chi connectivity index (χ4v) is 7.66. The van der Waals surface area contributed by atoms with Gasteiger partial charge in [0.15, 0.2) is 4.80 Å². The summed E-state index contributed by atoms with van der Waals surface area (Å²) in [6.07, 6.45) is 4.95. The third kappa shape index (κ3) is 5.49. The molecule has 46 heavy (non-hydrogen) atoms. The Morgan fingerprint density at radius 1 is 1.11 bits per heavy atom. The van der Waals surface area contributed by atoms with Gasteiger partial charge in [-0.25, -0.2) is 4.99 Å². The highest BCUT2D eigenvalue weighted by atomic mass is 32.1. The average Bonchev–Trinajstić information content (AvgIpc) is 3.37. The number of benzene rings is 3. The van der Waals surface area contributed by atoms with E-state index in [-0.39, 0.29) is 17.2 Å². The smallest absolute Gasteiger partial charge is 0.271 e. The largest absolute Gasteiger partial charge is 0.496 e. The zero-order valence-electron chi connectivity index (χ0n) is 26.5. The minimum atomic E-state index is -0.806. The van der Waals surface area contributed by atoms with Crippen LogP contribution in [-0.2, 0) is 4.79 Å². The maximum absolute atomic E-state index is 14.6. The minimum absolute atomic E-state index is 0.0406. The van der Waals surface area contributed by atoms with E-state index in [9.17, 15) is 19.7 Å². The number of carbonyl (C=O) groups excluding carboxylic acids is 1. The van der Waals surface area contributed by atoms with Crippen LogP contribution in [0.1, 0.15) is 57.2 Å². The number of ether oxygens (including phenoxy) is 1. The van der Waals surface area contributed by atoms with Crippen LogP contribution in [-0.4, -0.2) is 53.6 Å². The molecule has 2 aliphatic rings. The molecule has 0 saturated carbocycles. The Kier molecular flexibility index (Phi) is 8.77. The van der Waals surface area contributed by atoms with Gasteiger partial charge in [-0.2, -0.15) is 0 Å². The van der Waals surface area contributed by atoms with E-state index in [4.69, 9.17) is 9.73 Å². The number of allylic oxidation sites excluding steroid dienone is 1. The van der Waals surface area contributed by atoms with Gasteiger partial charge in [-0.3, -0.25) is 24.3 Å². The molecule has 1 aromatic heterocycles. The molecule has 0 bridgehead atoms. The number of piperidine rings is 1. The highest BCUT2D eigenvalue weighted by molar-refractivity contribution is 7.07. The second kappa shape index (κ2) is 12.9. The summed E-state index contributed by atoms with van der Waals surface area (Å²) in [5, 5.41) is 13.6. The monoisotopic (exact) mass is 639 g/mol. The number of carbonyl (C=O) groups is 1. The lowest BCUT2D eigenvalue weighted by atomic mass is 9.90. The molecule has 0 aliphatic carbocycles. The first-order valence-electron chi connectivity index (χ1n) is 15.7. The molecule has 11 heteroatoms. The number of methoxy groups -OCH3 is 1. The molecule has 0 radical (unpaired) electrons. The van der Waals surface area contributed by atoms with E-state index in [2.05, 4.69) is 4.90 Å². The SMILES string of the molecule is CCN(CC)C(=O)C1=C(C)N=c2s/c(=C\c3cc([N+](=O)[O-])ccc3N3CCCCC3)c(=O)n2[C@@H]1c1c(OC)ccc2ccccc12. The Bertz CT molecular complexity index is 2050. The van der Waals surface area contributed by atoms with Crippen molar-refractivity contribution in [3.63, 3.8) is 0 Å². The third-order valence-corrected chi connectivity index (χ3v) is 9.92. The van der Waals surface area contributed by atoms with Crippen LogP contribution in [0.4, 0.5) is 11.4 Å². The average molecular weight is 640 g/mol. The van der Waals surface area contributed by atoms with E-state index in [1.807, 2.05) is 57.2 Å².